The maximum atomic E-state index is 12.8. The molecule has 7 heteroatoms. The molecular weight excluding hydrogens is 306 g/mol. The van der Waals surface area contributed by atoms with Crippen molar-refractivity contribution in [2.45, 2.75) is 26.4 Å². The van der Waals surface area contributed by atoms with Crippen molar-refractivity contribution in [3.05, 3.63) is 47.3 Å². The molecule has 0 saturated heterocycles. The highest BCUT2D eigenvalue weighted by molar-refractivity contribution is 5.94. The Balaban J connectivity index is 1.88. The highest BCUT2D eigenvalue weighted by Crippen LogP contribution is 2.26. The van der Waals surface area contributed by atoms with Crippen LogP contribution in [-0.2, 0) is 6.54 Å². The molecule has 1 aliphatic heterocycles. The third kappa shape index (κ3) is 2.77. The van der Waals surface area contributed by atoms with E-state index in [2.05, 4.69) is 9.97 Å². The molecule has 0 radical (unpaired) electrons. The van der Waals surface area contributed by atoms with E-state index in [1.165, 1.54) is 4.90 Å². The lowest BCUT2D eigenvalue weighted by Crippen LogP contribution is -2.41. The van der Waals surface area contributed by atoms with E-state index in [0.717, 1.165) is 11.4 Å². The number of fused-ring (bicyclic) bond motifs is 1. The van der Waals surface area contributed by atoms with Gasteiger partial charge in [-0.25, -0.2) is 4.98 Å². The second-order valence-corrected chi connectivity index (χ2v) is 6.30. The Labute approximate surface area is 140 Å². The van der Waals surface area contributed by atoms with E-state index in [4.69, 9.17) is 0 Å². The smallest absolute Gasteiger partial charge is 0.273 e. The van der Waals surface area contributed by atoms with Crippen LogP contribution in [0, 0.1) is 6.92 Å². The van der Waals surface area contributed by atoms with Crippen molar-refractivity contribution in [3.8, 4) is 0 Å². The summed E-state index contributed by atoms with van der Waals surface area (Å²) >= 11 is 0. The van der Waals surface area contributed by atoms with Crippen molar-refractivity contribution in [2.24, 2.45) is 0 Å². The van der Waals surface area contributed by atoms with Crippen LogP contribution in [0.15, 0.2) is 24.7 Å². The molecule has 0 saturated carbocycles. The van der Waals surface area contributed by atoms with E-state index in [0.29, 0.717) is 24.3 Å². The Hall–Kier alpha value is -2.70. The van der Waals surface area contributed by atoms with Gasteiger partial charge in [-0.2, -0.15) is 0 Å². The molecule has 2 amide bonds. The number of rotatable bonds is 2. The van der Waals surface area contributed by atoms with Gasteiger partial charge in [0.1, 0.15) is 11.5 Å². The molecule has 7 nitrogen and oxygen atoms in total. The lowest BCUT2D eigenvalue weighted by Gasteiger charge is -2.33. The fourth-order valence-corrected chi connectivity index (χ4v) is 2.94. The number of hydrogen-bond acceptors (Lipinski definition) is 4. The first-order chi connectivity index (χ1) is 11.4. The van der Waals surface area contributed by atoms with Gasteiger partial charge in [-0.15, -0.1) is 0 Å². The van der Waals surface area contributed by atoms with Gasteiger partial charge < -0.3 is 14.4 Å². The van der Waals surface area contributed by atoms with E-state index in [9.17, 15) is 9.59 Å². The minimum absolute atomic E-state index is 0.0616. The zero-order valence-electron chi connectivity index (χ0n) is 14.4. The summed E-state index contributed by atoms with van der Waals surface area (Å²) in [4.78, 5) is 36.7. The van der Waals surface area contributed by atoms with Gasteiger partial charge >= 0.3 is 0 Å². The Bertz CT molecular complexity index is 796. The van der Waals surface area contributed by atoms with Crippen LogP contribution in [0.2, 0.25) is 0 Å². The van der Waals surface area contributed by atoms with Crippen LogP contribution < -0.4 is 0 Å². The molecule has 1 aliphatic rings. The lowest BCUT2D eigenvalue weighted by molar-refractivity contribution is 0.0637. The molecule has 3 rings (SSSR count). The van der Waals surface area contributed by atoms with Crippen molar-refractivity contribution in [1.82, 2.24) is 24.3 Å². The summed E-state index contributed by atoms with van der Waals surface area (Å²) in [6, 6.07) is 1.64. The van der Waals surface area contributed by atoms with E-state index >= 15 is 0 Å². The summed E-state index contributed by atoms with van der Waals surface area (Å²) in [6.07, 6.45) is 5.08. The van der Waals surface area contributed by atoms with Gasteiger partial charge in [-0.1, -0.05) is 0 Å². The molecule has 2 aromatic rings. The number of nitrogens with zero attached hydrogens (tertiary/aromatic N) is 5. The third-order valence-corrected chi connectivity index (χ3v) is 4.24. The fraction of sp³-hybridized carbons (Fsp3) is 0.412. The van der Waals surface area contributed by atoms with Crippen molar-refractivity contribution >= 4 is 11.8 Å². The molecule has 0 N–H and O–H groups in total. The van der Waals surface area contributed by atoms with Gasteiger partial charge in [0.2, 0.25) is 0 Å². The monoisotopic (exact) mass is 327 g/mol. The lowest BCUT2D eigenvalue weighted by atomic mass is 10.1. The highest BCUT2D eigenvalue weighted by atomic mass is 16.2. The summed E-state index contributed by atoms with van der Waals surface area (Å²) in [5.74, 6) is 0.540. The van der Waals surface area contributed by atoms with Gasteiger partial charge in [-0.3, -0.25) is 14.6 Å². The summed E-state index contributed by atoms with van der Waals surface area (Å²) in [5.41, 5.74) is 1.94. The number of aromatic nitrogens is 3. The fourth-order valence-electron chi connectivity index (χ4n) is 2.94. The minimum Gasteiger partial charge on any atom is -0.343 e. The van der Waals surface area contributed by atoms with Gasteiger partial charge in [-0.05, 0) is 25.5 Å². The first kappa shape index (κ1) is 16.2. The van der Waals surface area contributed by atoms with Crippen molar-refractivity contribution in [2.75, 3.05) is 20.6 Å². The molecular formula is C17H21N5O2. The van der Waals surface area contributed by atoms with Gasteiger partial charge in [0.15, 0.2) is 0 Å². The van der Waals surface area contributed by atoms with Crippen LogP contribution in [0.1, 0.15) is 45.2 Å². The minimum atomic E-state index is -0.199. The van der Waals surface area contributed by atoms with E-state index in [1.54, 1.807) is 37.6 Å². The van der Waals surface area contributed by atoms with Crippen molar-refractivity contribution in [3.63, 3.8) is 0 Å². The highest BCUT2D eigenvalue weighted by Gasteiger charge is 2.31. The summed E-state index contributed by atoms with van der Waals surface area (Å²) in [5, 5.41) is 0. The third-order valence-electron chi connectivity index (χ3n) is 4.24. The second kappa shape index (κ2) is 6.07. The molecule has 2 aromatic heterocycles. The van der Waals surface area contributed by atoms with Crippen LogP contribution in [0.5, 0.6) is 0 Å². The molecule has 0 fully saturated rings. The first-order valence-electron chi connectivity index (χ1n) is 7.90. The summed E-state index contributed by atoms with van der Waals surface area (Å²) < 4.78 is 1.96. The maximum absolute atomic E-state index is 12.8. The molecule has 0 aromatic carbocycles. The number of hydrogen-bond donors (Lipinski definition) is 0. The summed E-state index contributed by atoms with van der Waals surface area (Å²) in [6.45, 7) is 5.05. The van der Waals surface area contributed by atoms with Crippen LogP contribution >= 0.6 is 0 Å². The van der Waals surface area contributed by atoms with E-state index in [-0.39, 0.29) is 17.9 Å². The molecule has 0 aliphatic carbocycles. The molecule has 0 unspecified atom stereocenters. The Morgan fingerprint density at radius 2 is 2.00 bits per heavy atom. The predicted molar refractivity (Wildman–Crippen MR) is 88.7 cm³/mol. The van der Waals surface area contributed by atoms with Crippen molar-refractivity contribution in [1.29, 1.82) is 0 Å². The molecule has 0 spiro atoms. The SMILES string of the molecule is Cc1cncc(C(=O)N2CCn3cc(C(=O)N(C)C)nc3[C@@H]2C)c1. The van der Waals surface area contributed by atoms with Gasteiger partial charge in [0.25, 0.3) is 11.8 Å². The Kier molecular flexibility index (Phi) is 4.09. The van der Waals surface area contributed by atoms with E-state index < -0.39 is 0 Å². The van der Waals surface area contributed by atoms with Crippen LogP contribution in [-0.4, -0.2) is 56.8 Å². The van der Waals surface area contributed by atoms with Gasteiger partial charge in [0.05, 0.1) is 11.6 Å². The molecule has 126 valence electrons. The zero-order valence-corrected chi connectivity index (χ0v) is 14.4. The number of carbonyl (C=O) groups excluding carboxylic acids is 2. The largest absolute Gasteiger partial charge is 0.343 e. The van der Waals surface area contributed by atoms with Crippen LogP contribution in [0.4, 0.5) is 0 Å². The number of imidazole rings is 1. The first-order valence-corrected chi connectivity index (χ1v) is 7.90. The molecule has 3 heterocycles. The average Bonchev–Trinajstić information content (AvgIpc) is 2.99. The quantitative estimate of drug-likeness (QED) is 0.838. The van der Waals surface area contributed by atoms with Gasteiger partial charge in [0, 0.05) is 45.8 Å². The van der Waals surface area contributed by atoms with Crippen molar-refractivity contribution < 1.29 is 9.59 Å². The van der Waals surface area contributed by atoms with Crippen LogP contribution in [0.3, 0.4) is 0 Å². The van der Waals surface area contributed by atoms with Crippen LogP contribution in [0.25, 0.3) is 0 Å². The second-order valence-electron chi connectivity index (χ2n) is 6.30. The normalized spacial score (nSPS) is 16.7. The number of amides is 2. The number of carbonyl (C=O) groups is 2. The summed E-state index contributed by atoms with van der Waals surface area (Å²) in [7, 11) is 3.40. The predicted octanol–water partition coefficient (Wildman–Crippen LogP) is 1.51. The topological polar surface area (TPSA) is 71.3 Å². The molecule has 0 bridgehead atoms. The Morgan fingerprint density at radius 3 is 2.67 bits per heavy atom. The van der Waals surface area contributed by atoms with E-state index in [1.807, 2.05) is 24.5 Å². The average molecular weight is 327 g/mol. The number of aryl methyl sites for hydroxylation is 1. The number of pyridine rings is 1. The molecule has 24 heavy (non-hydrogen) atoms. The zero-order chi connectivity index (χ0) is 17.4. The molecule has 1 atom stereocenters. The Morgan fingerprint density at radius 1 is 1.25 bits per heavy atom. The maximum Gasteiger partial charge on any atom is 0.273 e. The standard InChI is InChI=1S/C17H21N5O2/c1-11-7-13(9-18-8-11)16(23)22-6-5-21-10-14(17(24)20(3)4)19-15(21)12(22)2/h7-10,12H,5-6H2,1-4H3/t12-/m0/s1.